The van der Waals surface area contributed by atoms with Crippen LogP contribution in [0.1, 0.15) is 30.1 Å². The lowest BCUT2D eigenvalue weighted by Gasteiger charge is -2.31. The Morgan fingerprint density at radius 2 is 1.65 bits per heavy atom. The van der Waals surface area contributed by atoms with Crippen molar-refractivity contribution in [3.63, 3.8) is 0 Å². The third-order valence-electron chi connectivity index (χ3n) is 8.96. The van der Waals surface area contributed by atoms with Gasteiger partial charge in [-0.05, 0) is 72.8 Å². The van der Waals surface area contributed by atoms with E-state index in [-0.39, 0.29) is 17.4 Å². The molecule has 0 bridgehead atoms. The summed E-state index contributed by atoms with van der Waals surface area (Å²) in [5.74, 6) is -0.0232. The van der Waals surface area contributed by atoms with Gasteiger partial charge in [-0.15, -0.1) is 0 Å². The number of nitrogens with one attached hydrogen (secondary N) is 4. The Hall–Kier alpha value is -5.16. The van der Waals surface area contributed by atoms with Crippen LogP contribution < -0.4 is 21.5 Å². The molecule has 2 heterocycles. The van der Waals surface area contributed by atoms with Crippen LogP contribution in [0.15, 0.2) is 108 Å². The number of aliphatic hydroxyl groups excluding tert-OH is 1. The van der Waals surface area contributed by atoms with E-state index in [9.17, 15) is 19.8 Å². The lowest BCUT2D eigenvalue weighted by molar-refractivity contribution is 0.0602. The van der Waals surface area contributed by atoms with Crippen LogP contribution in [0.2, 0.25) is 0 Å². The molecule has 1 atom stereocenters. The zero-order valence-electron chi connectivity index (χ0n) is 27.4. The van der Waals surface area contributed by atoms with Crippen LogP contribution in [-0.4, -0.2) is 71.6 Å². The van der Waals surface area contributed by atoms with E-state index in [0.29, 0.717) is 29.6 Å². The molecule has 5 aromatic rings. The highest BCUT2D eigenvalue weighted by Crippen LogP contribution is 2.29. The second-order valence-electron chi connectivity index (χ2n) is 12.4. The van der Waals surface area contributed by atoms with Crippen molar-refractivity contribution in [1.82, 2.24) is 15.2 Å². The molecule has 4 aromatic carbocycles. The largest absolute Gasteiger partial charge is 0.506 e. The van der Waals surface area contributed by atoms with Crippen molar-refractivity contribution < 1.29 is 19.7 Å². The Balaban J connectivity index is 0.866. The number of aromatic amines is 1. The fraction of sp³-hybridized carbons (Fsp3) is 0.282. The second-order valence-corrected chi connectivity index (χ2v) is 12.4. The quantitative estimate of drug-likeness (QED) is 0.0860. The summed E-state index contributed by atoms with van der Waals surface area (Å²) in [6.07, 6.45) is 1.12. The van der Waals surface area contributed by atoms with Gasteiger partial charge in [-0.1, -0.05) is 66.7 Å². The number of nitrogens with zero attached hydrogens (tertiary/aromatic N) is 1. The molecule has 49 heavy (non-hydrogen) atoms. The minimum Gasteiger partial charge on any atom is -0.506 e. The normalized spacial score (nSPS) is 14.4. The molecule has 1 aromatic heterocycles. The van der Waals surface area contributed by atoms with Gasteiger partial charge in [0.15, 0.2) is 0 Å². The van der Waals surface area contributed by atoms with Crippen LogP contribution >= 0.6 is 0 Å². The average Bonchev–Trinajstić information content (AvgIpc) is 3.12. The van der Waals surface area contributed by atoms with Crippen molar-refractivity contribution >= 4 is 28.4 Å². The Morgan fingerprint density at radius 3 is 2.45 bits per heavy atom. The van der Waals surface area contributed by atoms with Crippen molar-refractivity contribution in [3.05, 3.63) is 125 Å². The fourth-order valence-electron chi connectivity index (χ4n) is 6.28. The first-order valence-electron chi connectivity index (χ1n) is 16.8. The zero-order valence-corrected chi connectivity index (χ0v) is 27.4. The minimum absolute atomic E-state index is 0.0232. The highest BCUT2D eigenvalue weighted by Gasteiger charge is 2.22. The Bertz CT molecular complexity index is 1890. The summed E-state index contributed by atoms with van der Waals surface area (Å²) in [7, 11) is 0. The molecule has 1 aliphatic rings. The van der Waals surface area contributed by atoms with Gasteiger partial charge in [0.2, 0.25) is 5.56 Å². The molecule has 1 amide bonds. The lowest BCUT2D eigenvalue weighted by Crippen LogP contribution is -2.40. The predicted octanol–water partition coefficient (Wildman–Crippen LogP) is 5.89. The maximum absolute atomic E-state index is 12.7. The molecule has 0 saturated carbocycles. The number of likely N-dealkylation sites (tertiary alicyclic amines) is 1. The van der Waals surface area contributed by atoms with Crippen molar-refractivity contribution in [2.24, 2.45) is 0 Å². The van der Waals surface area contributed by atoms with Crippen molar-refractivity contribution in [1.29, 1.82) is 0 Å². The molecule has 6 N–H and O–H groups in total. The molecular weight excluding hydrogens is 618 g/mol. The van der Waals surface area contributed by atoms with Gasteiger partial charge in [-0.25, -0.2) is 4.79 Å². The number of carbonyl (C=O) groups is 1. The first-order chi connectivity index (χ1) is 23.9. The average molecular weight is 662 g/mol. The number of anilines is 2. The van der Waals surface area contributed by atoms with E-state index in [0.717, 1.165) is 67.9 Å². The van der Waals surface area contributed by atoms with E-state index in [1.54, 1.807) is 12.1 Å². The molecule has 0 radical (unpaired) electrons. The van der Waals surface area contributed by atoms with Gasteiger partial charge < -0.3 is 35.5 Å². The molecule has 1 unspecified atom stereocenters. The Labute approximate surface area is 285 Å². The molecule has 1 fully saturated rings. The van der Waals surface area contributed by atoms with Gasteiger partial charge in [0.1, 0.15) is 11.9 Å². The van der Waals surface area contributed by atoms with E-state index >= 15 is 0 Å². The highest BCUT2D eigenvalue weighted by molar-refractivity contribution is 5.91. The molecule has 10 heteroatoms. The number of carbonyl (C=O) groups excluding carboxylic acids is 1. The number of ether oxygens (including phenoxy) is 1. The summed E-state index contributed by atoms with van der Waals surface area (Å²) in [4.78, 5) is 29.4. The number of benzene rings is 4. The van der Waals surface area contributed by atoms with E-state index < -0.39 is 12.2 Å². The maximum atomic E-state index is 12.7. The number of phenolic OH excluding ortho intramolecular Hbond substituents is 1. The first-order valence-corrected chi connectivity index (χ1v) is 16.8. The number of hydrogen-bond acceptors (Lipinski definition) is 8. The number of pyridine rings is 1. The predicted molar refractivity (Wildman–Crippen MR) is 194 cm³/mol. The number of aliphatic hydroxyl groups is 1. The molecule has 10 nitrogen and oxygen atoms in total. The lowest BCUT2D eigenvalue weighted by atomic mass is 10.0. The third kappa shape index (κ3) is 9.05. The van der Waals surface area contributed by atoms with E-state index in [4.69, 9.17) is 4.74 Å². The summed E-state index contributed by atoms with van der Waals surface area (Å²) in [6, 6.07) is 32.3. The van der Waals surface area contributed by atoms with Crippen LogP contribution in [0.5, 0.6) is 5.75 Å². The molecule has 0 spiro atoms. The number of phenols is 1. The van der Waals surface area contributed by atoms with Gasteiger partial charge in [0.25, 0.3) is 0 Å². The van der Waals surface area contributed by atoms with Gasteiger partial charge in [-0.2, -0.15) is 0 Å². The van der Waals surface area contributed by atoms with Crippen LogP contribution in [0, 0.1) is 0 Å². The third-order valence-corrected chi connectivity index (χ3v) is 8.96. The Kier molecular flexibility index (Phi) is 11.2. The van der Waals surface area contributed by atoms with Crippen molar-refractivity contribution in [2.45, 2.75) is 31.5 Å². The van der Waals surface area contributed by atoms with Gasteiger partial charge in [-0.3, -0.25) is 10.1 Å². The summed E-state index contributed by atoms with van der Waals surface area (Å²) in [6.45, 7) is 4.52. The monoisotopic (exact) mass is 661 g/mol. The molecule has 6 rings (SSSR count). The number of H-pyrrole nitrogens is 1. The maximum Gasteiger partial charge on any atom is 0.411 e. The van der Waals surface area contributed by atoms with Gasteiger partial charge in [0.05, 0.1) is 17.3 Å². The standard InChI is InChI=1S/C39H43N5O5/c45-35-16-14-32(33-15-17-37(47)43-38(33)35)36(46)26-40-21-18-27-10-12-29(13-11-27)41-22-25-44-23-19-30(20-24-44)49-39(48)42-34-9-5-4-8-31(34)28-6-2-1-3-7-28/h1-17,30,36,40-41,45-46H,18-26H2,(H,42,48)(H,43,47). The number of piperidine rings is 1. The van der Waals surface area contributed by atoms with Crippen LogP contribution in [0.3, 0.4) is 0 Å². The second kappa shape index (κ2) is 16.3. The molecular formula is C39H43N5O5. The van der Waals surface area contributed by atoms with E-state index in [1.807, 2.05) is 54.6 Å². The molecule has 0 aliphatic carbocycles. The number of aromatic nitrogens is 1. The highest BCUT2D eigenvalue weighted by atomic mass is 16.6. The van der Waals surface area contributed by atoms with E-state index in [2.05, 4.69) is 50.1 Å². The van der Waals surface area contributed by atoms with Crippen molar-refractivity contribution in [2.75, 3.05) is 49.9 Å². The first kappa shape index (κ1) is 33.7. The smallest absolute Gasteiger partial charge is 0.411 e. The fourth-order valence-corrected chi connectivity index (χ4v) is 6.28. The Morgan fingerprint density at radius 1 is 0.898 bits per heavy atom. The zero-order chi connectivity index (χ0) is 34.0. The summed E-state index contributed by atoms with van der Waals surface area (Å²) in [5.41, 5.74) is 5.67. The number of fused-ring (bicyclic) bond motifs is 1. The topological polar surface area (TPSA) is 139 Å². The SMILES string of the molecule is O=C(Nc1ccccc1-c1ccccc1)OC1CCN(CCNc2ccc(CCNCC(O)c3ccc(O)c4[nH]c(=O)ccc34)cc2)CC1. The number of amides is 1. The van der Waals surface area contributed by atoms with E-state index in [1.165, 1.54) is 17.7 Å². The van der Waals surface area contributed by atoms with Crippen molar-refractivity contribution in [3.8, 4) is 16.9 Å². The van der Waals surface area contributed by atoms with Gasteiger partial charge in [0, 0.05) is 55.4 Å². The number of aromatic hydroxyl groups is 1. The molecule has 1 saturated heterocycles. The number of hydrogen-bond donors (Lipinski definition) is 6. The summed E-state index contributed by atoms with van der Waals surface area (Å²) < 4.78 is 5.78. The summed E-state index contributed by atoms with van der Waals surface area (Å²) in [5, 5.41) is 31.2. The van der Waals surface area contributed by atoms with Crippen LogP contribution in [0.25, 0.3) is 22.0 Å². The number of rotatable bonds is 13. The van der Waals surface area contributed by atoms with Gasteiger partial charge >= 0.3 is 6.09 Å². The summed E-state index contributed by atoms with van der Waals surface area (Å²) >= 11 is 0. The van der Waals surface area contributed by atoms with Crippen LogP contribution in [0.4, 0.5) is 16.2 Å². The minimum atomic E-state index is -0.785. The van der Waals surface area contributed by atoms with Crippen LogP contribution in [-0.2, 0) is 11.2 Å². The molecule has 1 aliphatic heterocycles. The number of para-hydroxylation sites is 1. The molecule has 254 valence electrons.